The first-order valence-electron chi connectivity index (χ1n) is 7.57. The van der Waals surface area contributed by atoms with Crippen LogP contribution in [0.4, 0.5) is 0 Å². The van der Waals surface area contributed by atoms with Gasteiger partial charge in [0.05, 0.1) is 6.04 Å². The Bertz CT molecular complexity index is 247. The molecule has 0 aromatic rings. The van der Waals surface area contributed by atoms with E-state index in [1.807, 2.05) is 6.92 Å². The molecular formula is C15H30N2O. The molecule has 0 unspecified atom stereocenters. The fourth-order valence-electron chi connectivity index (χ4n) is 2.65. The van der Waals surface area contributed by atoms with Crippen LogP contribution in [-0.4, -0.2) is 18.5 Å². The molecule has 3 nitrogen and oxygen atoms in total. The van der Waals surface area contributed by atoms with E-state index in [1.165, 1.54) is 25.7 Å². The van der Waals surface area contributed by atoms with Crippen molar-refractivity contribution in [3.8, 4) is 0 Å². The Hall–Kier alpha value is -0.570. The molecule has 1 rings (SSSR count). The van der Waals surface area contributed by atoms with Crippen molar-refractivity contribution in [1.29, 1.82) is 0 Å². The fraction of sp³-hybridized carbons (Fsp3) is 0.933. The van der Waals surface area contributed by atoms with Gasteiger partial charge in [0.25, 0.3) is 0 Å². The van der Waals surface area contributed by atoms with E-state index in [4.69, 9.17) is 5.73 Å². The lowest BCUT2D eigenvalue weighted by molar-refractivity contribution is -0.123. The minimum atomic E-state index is -0.346. The minimum Gasteiger partial charge on any atom is -0.355 e. The summed E-state index contributed by atoms with van der Waals surface area (Å²) in [6, 6.07) is -0.346. The van der Waals surface area contributed by atoms with Gasteiger partial charge in [-0.1, -0.05) is 52.9 Å². The average Bonchev–Trinajstić information content (AvgIpc) is 2.39. The number of carbonyl (C=O) groups is 1. The number of rotatable bonds is 6. The molecule has 2 atom stereocenters. The van der Waals surface area contributed by atoms with E-state index in [2.05, 4.69) is 19.2 Å². The second kappa shape index (κ2) is 7.78. The molecule has 3 heteroatoms. The predicted molar refractivity (Wildman–Crippen MR) is 76.2 cm³/mol. The highest BCUT2D eigenvalue weighted by Crippen LogP contribution is 2.29. The van der Waals surface area contributed by atoms with Crippen molar-refractivity contribution in [2.75, 3.05) is 6.54 Å². The largest absolute Gasteiger partial charge is 0.355 e. The van der Waals surface area contributed by atoms with Crippen molar-refractivity contribution in [3.63, 3.8) is 0 Å². The van der Waals surface area contributed by atoms with Crippen LogP contribution in [0.1, 0.15) is 59.3 Å². The van der Waals surface area contributed by atoms with E-state index in [0.29, 0.717) is 0 Å². The molecule has 3 N–H and O–H groups in total. The van der Waals surface area contributed by atoms with Crippen LogP contribution in [-0.2, 0) is 4.79 Å². The molecule has 0 aromatic carbocycles. The maximum atomic E-state index is 11.8. The average molecular weight is 254 g/mol. The van der Waals surface area contributed by atoms with Gasteiger partial charge < -0.3 is 11.1 Å². The molecule has 106 valence electrons. The quantitative estimate of drug-likeness (QED) is 0.765. The predicted octanol–water partition coefficient (Wildman–Crippen LogP) is 2.69. The van der Waals surface area contributed by atoms with Crippen LogP contribution in [0.2, 0.25) is 0 Å². The lowest BCUT2D eigenvalue weighted by Crippen LogP contribution is -2.45. The fourth-order valence-corrected chi connectivity index (χ4v) is 2.65. The van der Waals surface area contributed by atoms with E-state index in [1.54, 1.807) is 0 Å². The van der Waals surface area contributed by atoms with Crippen molar-refractivity contribution in [2.45, 2.75) is 65.3 Å². The lowest BCUT2D eigenvalue weighted by atomic mass is 9.81. The summed E-state index contributed by atoms with van der Waals surface area (Å²) in [5, 5.41) is 2.99. The molecule has 0 bridgehead atoms. The zero-order valence-corrected chi connectivity index (χ0v) is 12.2. The third-order valence-electron chi connectivity index (χ3n) is 4.55. The van der Waals surface area contributed by atoms with Crippen LogP contribution in [0.5, 0.6) is 0 Å². The summed E-state index contributed by atoms with van der Waals surface area (Å²) in [6.45, 7) is 7.24. The molecule has 1 aliphatic rings. The zero-order chi connectivity index (χ0) is 13.5. The Balaban J connectivity index is 2.15. The Morgan fingerprint density at radius 2 is 1.94 bits per heavy atom. The third-order valence-corrected chi connectivity index (χ3v) is 4.55. The van der Waals surface area contributed by atoms with Gasteiger partial charge in [-0.3, -0.25) is 4.79 Å². The second-order valence-electron chi connectivity index (χ2n) is 6.12. The maximum Gasteiger partial charge on any atom is 0.237 e. The van der Waals surface area contributed by atoms with E-state index in [9.17, 15) is 4.79 Å². The summed E-state index contributed by atoms with van der Waals surface area (Å²) >= 11 is 0. The summed E-state index contributed by atoms with van der Waals surface area (Å²) in [4.78, 5) is 11.8. The van der Waals surface area contributed by atoms with Crippen molar-refractivity contribution in [2.24, 2.45) is 23.5 Å². The Morgan fingerprint density at radius 1 is 1.33 bits per heavy atom. The van der Waals surface area contributed by atoms with E-state index < -0.39 is 0 Å². The van der Waals surface area contributed by atoms with Gasteiger partial charge in [0.1, 0.15) is 0 Å². The smallest absolute Gasteiger partial charge is 0.237 e. The highest BCUT2D eigenvalue weighted by molar-refractivity contribution is 5.81. The van der Waals surface area contributed by atoms with E-state index in [0.717, 1.165) is 31.2 Å². The van der Waals surface area contributed by atoms with Gasteiger partial charge in [-0.15, -0.1) is 0 Å². The standard InChI is InChI=1S/C15H30N2O/c1-4-12(3)14(16)15(18)17-10-9-13-7-5-11(2)6-8-13/h11-14H,4-10,16H2,1-3H3,(H,17,18)/t11?,12-,13?,14-/m0/s1. The van der Waals surface area contributed by atoms with Crippen LogP contribution in [0.3, 0.4) is 0 Å². The summed E-state index contributed by atoms with van der Waals surface area (Å²) in [5.74, 6) is 1.99. The van der Waals surface area contributed by atoms with Crippen LogP contribution >= 0.6 is 0 Å². The first kappa shape index (κ1) is 15.5. The number of nitrogens with one attached hydrogen (secondary N) is 1. The van der Waals surface area contributed by atoms with Crippen molar-refractivity contribution >= 4 is 5.91 Å². The molecule has 1 amide bonds. The molecule has 0 saturated heterocycles. The third kappa shape index (κ3) is 4.97. The molecule has 1 fully saturated rings. The number of hydrogen-bond donors (Lipinski definition) is 2. The van der Waals surface area contributed by atoms with Crippen LogP contribution < -0.4 is 11.1 Å². The topological polar surface area (TPSA) is 55.1 Å². The van der Waals surface area contributed by atoms with Gasteiger partial charge in [-0.25, -0.2) is 0 Å². The lowest BCUT2D eigenvalue weighted by Gasteiger charge is -2.26. The second-order valence-corrected chi connectivity index (χ2v) is 6.12. The Labute approximate surface area is 112 Å². The van der Waals surface area contributed by atoms with Crippen LogP contribution in [0.15, 0.2) is 0 Å². The molecule has 18 heavy (non-hydrogen) atoms. The number of carbonyl (C=O) groups excluding carboxylic acids is 1. The molecule has 0 aliphatic heterocycles. The number of nitrogens with two attached hydrogens (primary N) is 1. The zero-order valence-electron chi connectivity index (χ0n) is 12.2. The minimum absolute atomic E-state index is 0.0218. The molecule has 0 spiro atoms. The Kier molecular flexibility index (Phi) is 6.69. The molecule has 0 aromatic heterocycles. The van der Waals surface area contributed by atoms with E-state index in [-0.39, 0.29) is 17.9 Å². The molecule has 0 heterocycles. The van der Waals surface area contributed by atoms with Gasteiger partial charge in [0.15, 0.2) is 0 Å². The van der Waals surface area contributed by atoms with Gasteiger partial charge >= 0.3 is 0 Å². The van der Waals surface area contributed by atoms with Gasteiger partial charge in [-0.2, -0.15) is 0 Å². The summed E-state index contributed by atoms with van der Waals surface area (Å²) in [6.07, 6.45) is 7.43. The normalized spacial score (nSPS) is 27.6. The van der Waals surface area contributed by atoms with Crippen LogP contribution in [0, 0.1) is 17.8 Å². The molecule has 1 saturated carbocycles. The SMILES string of the molecule is CC[C@H](C)[C@H](N)C(=O)NCCC1CCC(C)CC1. The van der Waals surface area contributed by atoms with Crippen LogP contribution in [0.25, 0.3) is 0 Å². The van der Waals surface area contributed by atoms with Gasteiger partial charge in [-0.05, 0) is 24.2 Å². The van der Waals surface area contributed by atoms with E-state index >= 15 is 0 Å². The monoisotopic (exact) mass is 254 g/mol. The number of amides is 1. The first-order valence-corrected chi connectivity index (χ1v) is 7.57. The first-order chi connectivity index (χ1) is 8.54. The molecule has 0 radical (unpaired) electrons. The van der Waals surface area contributed by atoms with Crippen molar-refractivity contribution in [3.05, 3.63) is 0 Å². The molecular weight excluding hydrogens is 224 g/mol. The Morgan fingerprint density at radius 3 is 2.50 bits per heavy atom. The maximum absolute atomic E-state index is 11.8. The van der Waals surface area contributed by atoms with Crippen molar-refractivity contribution < 1.29 is 4.79 Å². The van der Waals surface area contributed by atoms with Gasteiger partial charge in [0, 0.05) is 6.54 Å². The summed E-state index contributed by atoms with van der Waals surface area (Å²) < 4.78 is 0. The van der Waals surface area contributed by atoms with Gasteiger partial charge in [0.2, 0.25) is 5.91 Å². The molecule has 1 aliphatic carbocycles. The number of hydrogen-bond acceptors (Lipinski definition) is 2. The summed E-state index contributed by atoms with van der Waals surface area (Å²) in [7, 11) is 0. The summed E-state index contributed by atoms with van der Waals surface area (Å²) in [5.41, 5.74) is 5.90. The highest BCUT2D eigenvalue weighted by Gasteiger charge is 2.20. The highest BCUT2D eigenvalue weighted by atomic mass is 16.2. The van der Waals surface area contributed by atoms with Crippen molar-refractivity contribution in [1.82, 2.24) is 5.32 Å².